The standard InChI is InChI=1S/C12H14ClNO3/c1-8(14-12(15)6-13)11-7-16-9-4-2-3-5-10(9)17-11/h2-5,8,11H,6-7H2,1H3,(H,14,15)/t8-,11+/m0/s1. The lowest BCUT2D eigenvalue weighted by Gasteiger charge is -2.30. The van der Waals surface area contributed by atoms with Gasteiger partial charge in [0.05, 0.1) is 6.04 Å². The zero-order valence-electron chi connectivity index (χ0n) is 9.48. The van der Waals surface area contributed by atoms with Crippen LogP contribution in [0.5, 0.6) is 11.5 Å². The van der Waals surface area contributed by atoms with E-state index in [0.717, 1.165) is 5.75 Å². The van der Waals surface area contributed by atoms with E-state index in [-0.39, 0.29) is 23.9 Å². The third-order valence-corrected chi connectivity index (χ3v) is 2.84. The van der Waals surface area contributed by atoms with Gasteiger partial charge < -0.3 is 14.8 Å². The molecule has 0 aromatic heterocycles. The third kappa shape index (κ3) is 2.82. The zero-order valence-corrected chi connectivity index (χ0v) is 10.2. The maximum Gasteiger partial charge on any atom is 0.235 e. The number of hydrogen-bond donors (Lipinski definition) is 1. The van der Waals surface area contributed by atoms with Gasteiger partial charge in [-0.15, -0.1) is 11.6 Å². The molecular formula is C12H14ClNO3. The van der Waals surface area contributed by atoms with Crippen LogP contribution >= 0.6 is 11.6 Å². The molecule has 1 aromatic carbocycles. The zero-order chi connectivity index (χ0) is 12.3. The second-order valence-electron chi connectivity index (χ2n) is 3.90. The maximum absolute atomic E-state index is 11.2. The quantitative estimate of drug-likeness (QED) is 0.834. The van der Waals surface area contributed by atoms with E-state index in [9.17, 15) is 4.79 Å². The lowest BCUT2D eigenvalue weighted by molar-refractivity contribution is -0.120. The number of rotatable bonds is 3. The first-order valence-electron chi connectivity index (χ1n) is 5.44. The molecule has 1 heterocycles. The Labute approximate surface area is 105 Å². The summed E-state index contributed by atoms with van der Waals surface area (Å²) in [5.74, 6) is 1.19. The molecule has 1 aliphatic rings. The molecule has 92 valence electrons. The average molecular weight is 256 g/mol. The summed E-state index contributed by atoms with van der Waals surface area (Å²) in [7, 11) is 0. The highest BCUT2D eigenvalue weighted by atomic mass is 35.5. The molecule has 0 spiro atoms. The molecule has 2 rings (SSSR count). The molecule has 5 heteroatoms. The molecule has 0 radical (unpaired) electrons. The minimum Gasteiger partial charge on any atom is -0.486 e. The number of nitrogens with one attached hydrogen (secondary N) is 1. The lowest BCUT2D eigenvalue weighted by atomic mass is 10.1. The molecule has 0 bridgehead atoms. The van der Waals surface area contributed by atoms with Crippen LogP contribution in [0.2, 0.25) is 0 Å². The van der Waals surface area contributed by atoms with Crippen molar-refractivity contribution in [3.63, 3.8) is 0 Å². The number of amides is 1. The van der Waals surface area contributed by atoms with Gasteiger partial charge in [-0.1, -0.05) is 12.1 Å². The highest BCUT2D eigenvalue weighted by molar-refractivity contribution is 6.27. The van der Waals surface area contributed by atoms with Gasteiger partial charge in [0.25, 0.3) is 0 Å². The van der Waals surface area contributed by atoms with Gasteiger partial charge in [0.1, 0.15) is 12.5 Å². The summed E-state index contributed by atoms with van der Waals surface area (Å²) in [6.07, 6.45) is -0.197. The number of fused-ring (bicyclic) bond motifs is 1. The van der Waals surface area contributed by atoms with E-state index < -0.39 is 0 Å². The summed E-state index contributed by atoms with van der Waals surface area (Å²) in [5, 5.41) is 2.75. The summed E-state index contributed by atoms with van der Waals surface area (Å²) < 4.78 is 11.3. The Morgan fingerprint density at radius 3 is 2.94 bits per heavy atom. The van der Waals surface area contributed by atoms with Crippen LogP contribution in [0.15, 0.2) is 24.3 Å². The molecule has 4 nitrogen and oxygen atoms in total. The average Bonchev–Trinajstić information content (AvgIpc) is 2.38. The van der Waals surface area contributed by atoms with E-state index in [4.69, 9.17) is 21.1 Å². The van der Waals surface area contributed by atoms with Crippen LogP contribution in [0.25, 0.3) is 0 Å². The van der Waals surface area contributed by atoms with Gasteiger partial charge in [0, 0.05) is 0 Å². The Morgan fingerprint density at radius 1 is 1.53 bits per heavy atom. The van der Waals surface area contributed by atoms with Crippen molar-refractivity contribution in [2.45, 2.75) is 19.1 Å². The second kappa shape index (κ2) is 5.27. The first-order valence-corrected chi connectivity index (χ1v) is 5.98. The number of hydrogen-bond acceptors (Lipinski definition) is 3. The Bertz CT molecular complexity index is 410. The summed E-state index contributed by atoms with van der Waals surface area (Å²) in [6, 6.07) is 7.33. The van der Waals surface area contributed by atoms with Crippen molar-refractivity contribution in [2.75, 3.05) is 12.5 Å². The molecule has 17 heavy (non-hydrogen) atoms. The van der Waals surface area contributed by atoms with Crippen LogP contribution in [0.4, 0.5) is 0 Å². The molecule has 0 aliphatic carbocycles. The fraction of sp³-hybridized carbons (Fsp3) is 0.417. The molecular weight excluding hydrogens is 242 g/mol. The lowest BCUT2D eigenvalue weighted by Crippen LogP contribution is -2.48. The monoisotopic (exact) mass is 255 g/mol. The molecule has 0 saturated carbocycles. The minimum absolute atomic E-state index is 0.0471. The maximum atomic E-state index is 11.2. The third-order valence-electron chi connectivity index (χ3n) is 2.60. The Balaban J connectivity index is 2.00. The van der Waals surface area contributed by atoms with E-state index >= 15 is 0 Å². The van der Waals surface area contributed by atoms with Crippen molar-refractivity contribution in [1.29, 1.82) is 0 Å². The Morgan fingerprint density at radius 2 is 2.24 bits per heavy atom. The van der Waals surface area contributed by atoms with Gasteiger partial charge in [0.2, 0.25) is 5.91 Å². The van der Waals surface area contributed by atoms with Gasteiger partial charge in [0.15, 0.2) is 17.6 Å². The topological polar surface area (TPSA) is 47.6 Å². The van der Waals surface area contributed by atoms with Crippen LogP contribution in [0.1, 0.15) is 6.92 Å². The molecule has 1 aromatic rings. The van der Waals surface area contributed by atoms with Gasteiger partial charge >= 0.3 is 0 Å². The van der Waals surface area contributed by atoms with Crippen LogP contribution in [0, 0.1) is 0 Å². The molecule has 2 atom stereocenters. The van der Waals surface area contributed by atoms with Crippen molar-refractivity contribution in [3.8, 4) is 11.5 Å². The number of para-hydroxylation sites is 2. The molecule has 1 amide bonds. The van der Waals surface area contributed by atoms with Crippen molar-refractivity contribution < 1.29 is 14.3 Å². The molecule has 0 unspecified atom stereocenters. The highest BCUT2D eigenvalue weighted by Crippen LogP contribution is 2.31. The van der Waals surface area contributed by atoms with Crippen molar-refractivity contribution in [3.05, 3.63) is 24.3 Å². The number of benzene rings is 1. The van der Waals surface area contributed by atoms with E-state index in [1.807, 2.05) is 31.2 Å². The fourth-order valence-electron chi connectivity index (χ4n) is 1.67. The number of halogens is 1. The van der Waals surface area contributed by atoms with E-state index in [0.29, 0.717) is 12.4 Å². The first-order chi connectivity index (χ1) is 8.20. The Kier molecular flexibility index (Phi) is 3.74. The predicted octanol–water partition coefficient (Wildman–Crippen LogP) is 1.57. The SMILES string of the molecule is C[C@H](NC(=O)CCl)[C@H]1COc2ccccc2O1. The Hall–Kier alpha value is -1.42. The minimum atomic E-state index is -0.207. The molecule has 1 aliphatic heterocycles. The van der Waals surface area contributed by atoms with Gasteiger partial charge in [-0.05, 0) is 19.1 Å². The van der Waals surface area contributed by atoms with Crippen molar-refractivity contribution >= 4 is 17.5 Å². The van der Waals surface area contributed by atoms with Crippen molar-refractivity contribution in [1.82, 2.24) is 5.32 Å². The summed E-state index contributed by atoms with van der Waals surface area (Å²) >= 11 is 5.43. The second-order valence-corrected chi connectivity index (χ2v) is 4.17. The summed E-state index contributed by atoms with van der Waals surface area (Å²) in [5.41, 5.74) is 0. The predicted molar refractivity (Wildman–Crippen MR) is 64.7 cm³/mol. The molecule has 0 fully saturated rings. The van der Waals surface area contributed by atoms with Gasteiger partial charge in [-0.3, -0.25) is 4.79 Å². The van der Waals surface area contributed by atoms with E-state index in [2.05, 4.69) is 5.32 Å². The smallest absolute Gasteiger partial charge is 0.235 e. The number of alkyl halides is 1. The number of ether oxygens (including phenoxy) is 2. The normalized spacial score (nSPS) is 19.5. The van der Waals surface area contributed by atoms with Crippen molar-refractivity contribution in [2.24, 2.45) is 0 Å². The van der Waals surface area contributed by atoms with Gasteiger partial charge in [-0.2, -0.15) is 0 Å². The van der Waals surface area contributed by atoms with Crippen LogP contribution in [-0.4, -0.2) is 30.5 Å². The largest absolute Gasteiger partial charge is 0.486 e. The van der Waals surface area contributed by atoms with Crippen LogP contribution < -0.4 is 14.8 Å². The molecule has 1 N–H and O–H groups in total. The summed E-state index contributed by atoms with van der Waals surface area (Å²) in [6.45, 7) is 2.28. The number of carbonyl (C=O) groups is 1. The first kappa shape index (κ1) is 12.0. The van der Waals surface area contributed by atoms with Crippen LogP contribution in [0.3, 0.4) is 0 Å². The van der Waals surface area contributed by atoms with E-state index in [1.54, 1.807) is 0 Å². The van der Waals surface area contributed by atoms with Gasteiger partial charge in [-0.25, -0.2) is 0 Å². The van der Waals surface area contributed by atoms with E-state index in [1.165, 1.54) is 0 Å². The fourth-order valence-corrected chi connectivity index (χ4v) is 1.74. The van der Waals surface area contributed by atoms with Crippen LogP contribution in [-0.2, 0) is 4.79 Å². The summed E-state index contributed by atoms with van der Waals surface area (Å²) in [4.78, 5) is 11.2. The number of carbonyl (C=O) groups excluding carboxylic acids is 1. The highest BCUT2D eigenvalue weighted by Gasteiger charge is 2.26. The molecule has 0 saturated heterocycles.